The molecule has 0 fully saturated rings. The van der Waals surface area contributed by atoms with Gasteiger partial charge in [-0.05, 0) is 30.4 Å². The van der Waals surface area contributed by atoms with Gasteiger partial charge in [0.2, 0.25) is 0 Å². The van der Waals surface area contributed by atoms with E-state index in [0.717, 1.165) is 0 Å². The summed E-state index contributed by atoms with van der Waals surface area (Å²) in [7, 11) is -4.40. The second-order valence-corrected chi connectivity index (χ2v) is 4.53. The van der Waals surface area contributed by atoms with E-state index in [1.165, 1.54) is 18.2 Å². The van der Waals surface area contributed by atoms with E-state index in [2.05, 4.69) is 9.97 Å². The van der Waals surface area contributed by atoms with Crippen LogP contribution < -0.4 is 29.6 Å². The SMILES string of the molecule is O.O.O=S(=O)([O-])c1ccc2[nH]c(=S)[nH]c2c1.[Na+]. The summed E-state index contributed by atoms with van der Waals surface area (Å²) < 4.78 is 32.4. The molecule has 0 aliphatic heterocycles. The summed E-state index contributed by atoms with van der Waals surface area (Å²) in [5.41, 5.74) is 1.18. The Labute approximate surface area is 124 Å². The number of aromatic amines is 2. The molecule has 1 aromatic heterocycles. The van der Waals surface area contributed by atoms with E-state index in [-0.39, 0.29) is 45.4 Å². The molecule has 0 saturated heterocycles. The molecule has 10 heteroatoms. The van der Waals surface area contributed by atoms with Gasteiger partial charge in [-0.2, -0.15) is 0 Å². The van der Waals surface area contributed by atoms with Gasteiger partial charge in [-0.25, -0.2) is 8.42 Å². The van der Waals surface area contributed by atoms with Crippen LogP contribution in [0.1, 0.15) is 0 Å². The minimum atomic E-state index is -4.40. The molecule has 0 atom stereocenters. The fraction of sp³-hybridized carbons (Fsp3) is 0. The van der Waals surface area contributed by atoms with E-state index in [1.54, 1.807) is 0 Å². The van der Waals surface area contributed by atoms with Crippen LogP contribution in [0.5, 0.6) is 0 Å². The van der Waals surface area contributed by atoms with E-state index in [1.807, 2.05) is 0 Å². The molecule has 6 N–H and O–H groups in total. The first-order chi connectivity index (χ1) is 6.47. The molecule has 2 rings (SSSR count). The maximum absolute atomic E-state index is 10.7. The number of rotatable bonds is 1. The van der Waals surface area contributed by atoms with Gasteiger partial charge in [-0.1, -0.05) is 0 Å². The smallest absolute Gasteiger partial charge is 0.744 e. The van der Waals surface area contributed by atoms with Crippen molar-refractivity contribution in [2.75, 3.05) is 0 Å². The maximum atomic E-state index is 10.7. The third-order valence-corrected chi connectivity index (χ3v) is 2.81. The molecule has 90 valence electrons. The van der Waals surface area contributed by atoms with Crippen LogP contribution in [0.3, 0.4) is 0 Å². The normalized spacial score (nSPS) is 9.94. The topological polar surface area (TPSA) is 152 Å². The summed E-state index contributed by atoms with van der Waals surface area (Å²) in [5.74, 6) is 0. The number of benzene rings is 1. The maximum Gasteiger partial charge on any atom is 1.00 e. The average Bonchev–Trinajstić information content (AvgIpc) is 2.41. The standard InChI is InChI=1S/C7H6N2O3S2.Na.2H2O/c10-14(11,12)4-1-2-5-6(3-4)9-7(13)8-5;;;/h1-3H,(H2,8,9,13)(H,10,11,12);;2*1H2/q;+1;;/p-1. The Morgan fingerprint density at radius 2 is 1.65 bits per heavy atom. The van der Waals surface area contributed by atoms with Gasteiger partial charge in [0.25, 0.3) is 0 Å². The molecule has 0 saturated carbocycles. The van der Waals surface area contributed by atoms with Crippen molar-refractivity contribution < 1.29 is 53.5 Å². The third-order valence-electron chi connectivity index (χ3n) is 1.78. The van der Waals surface area contributed by atoms with Crippen molar-refractivity contribution >= 4 is 33.4 Å². The second kappa shape index (κ2) is 6.61. The summed E-state index contributed by atoms with van der Waals surface area (Å²) in [6.07, 6.45) is 0. The van der Waals surface area contributed by atoms with E-state index in [0.29, 0.717) is 15.8 Å². The van der Waals surface area contributed by atoms with Crippen molar-refractivity contribution in [3.63, 3.8) is 0 Å². The van der Waals surface area contributed by atoms with Gasteiger partial charge in [-0.15, -0.1) is 0 Å². The quantitative estimate of drug-likeness (QED) is 0.317. The molecular formula is C7H9N2NaO5S2. The van der Waals surface area contributed by atoms with Crippen molar-refractivity contribution in [2.24, 2.45) is 0 Å². The summed E-state index contributed by atoms with van der Waals surface area (Å²) in [6, 6.07) is 3.99. The number of hydrogen-bond acceptors (Lipinski definition) is 4. The van der Waals surface area contributed by atoms with Gasteiger partial charge >= 0.3 is 29.6 Å². The van der Waals surface area contributed by atoms with Crippen molar-refractivity contribution in [2.45, 2.75) is 4.90 Å². The Kier molecular flexibility index (Phi) is 7.43. The zero-order valence-corrected chi connectivity index (χ0v) is 12.4. The van der Waals surface area contributed by atoms with Gasteiger partial charge < -0.3 is 25.5 Å². The summed E-state index contributed by atoms with van der Waals surface area (Å²) in [5, 5.41) is 0. The molecule has 0 spiro atoms. The van der Waals surface area contributed by atoms with Crippen LogP contribution in [0.15, 0.2) is 23.1 Å². The molecule has 1 aromatic carbocycles. The largest absolute Gasteiger partial charge is 1.00 e. The molecule has 0 radical (unpaired) electrons. The Bertz CT molecular complexity index is 648. The molecule has 0 bridgehead atoms. The number of aromatic nitrogens is 2. The molecule has 7 nitrogen and oxygen atoms in total. The van der Waals surface area contributed by atoms with Crippen LogP contribution in [0.4, 0.5) is 0 Å². The summed E-state index contributed by atoms with van der Waals surface area (Å²) >= 11 is 4.81. The van der Waals surface area contributed by atoms with Crippen LogP contribution in [0.25, 0.3) is 11.0 Å². The van der Waals surface area contributed by atoms with Crippen molar-refractivity contribution in [3.8, 4) is 0 Å². The Hall–Kier alpha value is -0.260. The zero-order chi connectivity index (χ0) is 10.3. The molecule has 17 heavy (non-hydrogen) atoms. The first-order valence-corrected chi connectivity index (χ1v) is 5.46. The average molecular weight is 288 g/mol. The number of imidazole rings is 1. The molecule has 0 amide bonds. The van der Waals surface area contributed by atoms with Crippen LogP contribution in [-0.4, -0.2) is 33.9 Å². The minimum absolute atomic E-state index is 0. The number of hydrogen-bond donors (Lipinski definition) is 2. The molecule has 0 unspecified atom stereocenters. The van der Waals surface area contributed by atoms with E-state index in [4.69, 9.17) is 12.2 Å². The Balaban J connectivity index is 0. The zero-order valence-electron chi connectivity index (χ0n) is 8.77. The number of nitrogens with one attached hydrogen (secondary N) is 2. The van der Waals surface area contributed by atoms with Gasteiger partial charge in [0.1, 0.15) is 10.1 Å². The predicted octanol–water partition coefficient (Wildman–Crippen LogP) is -3.52. The van der Waals surface area contributed by atoms with E-state index in [9.17, 15) is 13.0 Å². The van der Waals surface area contributed by atoms with Gasteiger partial charge in [0, 0.05) is 0 Å². The minimum Gasteiger partial charge on any atom is -0.744 e. The molecule has 0 aliphatic carbocycles. The fourth-order valence-electron chi connectivity index (χ4n) is 1.17. The van der Waals surface area contributed by atoms with Gasteiger partial charge in [0.15, 0.2) is 4.77 Å². The Morgan fingerprint density at radius 1 is 1.12 bits per heavy atom. The first kappa shape index (κ1) is 19.1. The second-order valence-electron chi connectivity index (χ2n) is 2.74. The van der Waals surface area contributed by atoms with Crippen LogP contribution in [-0.2, 0) is 10.1 Å². The van der Waals surface area contributed by atoms with Crippen molar-refractivity contribution in [1.29, 1.82) is 0 Å². The van der Waals surface area contributed by atoms with E-state index >= 15 is 0 Å². The summed E-state index contributed by atoms with van der Waals surface area (Å²) in [6.45, 7) is 0. The van der Waals surface area contributed by atoms with Crippen molar-refractivity contribution in [1.82, 2.24) is 9.97 Å². The molecule has 1 heterocycles. The third kappa shape index (κ3) is 4.16. The molecular weight excluding hydrogens is 279 g/mol. The van der Waals surface area contributed by atoms with Crippen LogP contribution in [0, 0.1) is 4.77 Å². The molecule has 2 aromatic rings. The number of fused-ring (bicyclic) bond motifs is 1. The predicted molar refractivity (Wildman–Crippen MR) is 58.7 cm³/mol. The first-order valence-electron chi connectivity index (χ1n) is 3.65. The Morgan fingerprint density at radius 3 is 2.18 bits per heavy atom. The van der Waals surface area contributed by atoms with E-state index < -0.39 is 10.1 Å². The van der Waals surface area contributed by atoms with Crippen molar-refractivity contribution in [3.05, 3.63) is 23.0 Å². The fourth-order valence-corrected chi connectivity index (χ4v) is 1.88. The number of H-pyrrole nitrogens is 2. The van der Waals surface area contributed by atoms with Gasteiger partial charge in [0.05, 0.1) is 15.9 Å². The van der Waals surface area contributed by atoms with Gasteiger partial charge in [-0.3, -0.25) is 0 Å². The molecule has 0 aliphatic rings. The van der Waals surface area contributed by atoms with Crippen LogP contribution in [0.2, 0.25) is 0 Å². The summed E-state index contributed by atoms with van der Waals surface area (Å²) in [4.78, 5) is 5.26. The monoisotopic (exact) mass is 288 g/mol. The van der Waals surface area contributed by atoms with Crippen LogP contribution >= 0.6 is 12.2 Å².